The summed E-state index contributed by atoms with van der Waals surface area (Å²) in [6.45, 7) is 1.74. The molecule has 12 heteroatoms. The number of halogens is 2. The van der Waals surface area contributed by atoms with Crippen molar-refractivity contribution in [2.45, 2.75) is 17.9 Å². The van der Waals surface area contributed by atoms with E-state index in [9.17, 15) is 8.42 Å². The largest absolute Gasteiger partial charge is 0.495 e. The highest BCUT2D eigenvalue weighted by atomic mass is 79.9. The van der Waals surface area contributed by atoms with E-state index >= 15 is 0 Å². The lowest BCUT2D eigenvalue weighted by Gasteiger charge is -2.15. The lowest BCUT2D eigenvalue weighted by Crippen LogP contribution is -2.20. The summed E-state index contributed by atoms with van der Waals surface area (Å²) in [4.78, 5) is 8.32. The van der Waals surface area contributed by atoms with Gasteiger partial charge in [-0.3, -0.25) is 0 Å². The average Bonchev–Trinajstić information content (AvgIpc) is 2.55. The van der Waals surface area contributed by atoms with E-state index in [-0.39, 0.29) is 33.7 Å². The first-order valence-electron chi connectivity index (χ1n) is 7.23. The Hall–Kier alpha value is -1.47. The summed E-state index contributed by atoms with van der Waals surface area (Å²) in [5.41, 5.74) is 0.490. The molecule has 0 radical (unpaired) electrons. The Kier molecular flexibility index (Phi) is 6.80. The molecule has 0 saturated heterocycles. The van der Waals surface area contributed by atoms with Crippen LogP contribution < -0.4 is 20.5 Å². The van der Waals surface area contributed by atoms with Gasteiger partial charge in [0.1, 0.15) is 16.5 Å². The molecule has 142 valence electrons. The van der Waals surface area contributed by atoms with Crippen LogP contribution in [0.15, 0.2) is 32.2 Å². The number of aliphatic hydroxyl groups excluding tert-OH is 1. The molecule has 1 heterocycles. The van der Waals surface area contributed by atoms with Crippen molar-refractivity contribution in [1.29, 1.82) is 0 Å². The van der Waals surface area contributed by atoms with Gasteiger partial charge in [0.25, 0.3) is 0 Å². The number of primary sulfonamides is 1. The first-order chi connectivity index (χ1) is 12.2. The van der Waals surface area contributed by atoms with Gasteiger partial charge in [0.2, 0.25) is 16.0 Å². The fraction of sp³-hybridized carbons (Fsp3) is 0.286. The highest BCUT2D eigenvalue weighted by Crippen LogP contribution is 2.35. The second kappa shape index (κ2) is 8.48. The third-order valence-corrected chi connectivity index (χ3v) is 5.63. The molecule has 26 heavy (non-hydrogen) atoms. The van der Waals surface area contributed by atoms with Gasteiger partial charge >= 0.3 is 0 Å². The van der Waals surface area contributed by atoms with Gasteiger partial charge in [-0.25, -0.2) is 18.5 Å². The highest BCUT2D eigenvalue weighted by molar-refractivity contribution is 9.10. The molecule has 0 aliphatic rings. The van der Waals surface area contributed by atoms with Gasteiger partial charge in [0.05, 0.1) is 18.2 Å². The first-order valence-corrected chi connectivity index (χ1v) is 10.4. The standard InChI is InChI=1S/C14H17Br2N5O4S/c1-7(6-22)19-13-10(16)5-18-14(21-13)20-8-3-9(15)12(26(17,23)24)11(4-8)25-2/h3-5,7,22H,6H2,1-2H3,(H2,17,23,24)(H2,18,19,20,21)/t7-/m1/s1. The maximum atomic E-state index is 11.7. The van der Waals surface area contributed by atoms with Gasteiger partial charge in [0, 0.05) is 28.5 Å². The minimum absolute atomic E-state index is 0.0572. The summed E-state index contributed by atoms with van der Waals surface area (Å²) in [5.74, 6) is 0.836. The van der Waals surface area contributed by atoms with Crippen molar-refractivity contribution < 1.29 is 18.3 Å². The molecular weight excluding hydrogens is 494 g/mol. The Labute approximate surface area is 167 Å². The number of nitrogens with zero attached hydrogens (tertiary/aromatic N) is 2. The van der Waals surface area contributed by atoms with E-state index in [0.29, 0.717) is 16.0 Å². The van der Waals surface area contributed by atoms with Crippen LogP contribution in [0.3, 0.4) is 0 Å². The number of aromatic nitrogens is 2. The summed E-state index contributed by atoms with van der Waals surface area (Å²) in [5, 5.41) is 20.4. The van der Waals surface area contributed by atoms with E-state index in [1.165, 1.54) is 19.2 Å². The van der Waals surface area contributed by atoms with Crippen molar-refractivity contribution in [3.63, 3.8) is 0 Å². The number of anilines is 3. The molecule has 1 atom stereocenters. The zero-order valence-corrected chi connectivity index (χ0v) is 17.8. The molecule has 0 amide bonds. The molecule has 0 spiro atoms. The van der Waals surface area contributed by atoms with Crippen LogP contribution in [0.5, 0.6) is 5.75 Å². The number of hydrogen-bond donors (Lipinski definition) is 4. The van der Waals surface area contributed by atoms with Crippen LogP contribution in [-0.4, -0.2) is 43.3 Å². The number of hydrogen-bond acceptors (Lipinski definition) is 8. The molecule has 1 aromatic heterocycles. The minimum atomic E-state index is -3.97. The van der Waals surface area contributed by atoms with Gasteiger partial charge in [-0.1, -0.05) is 0 Å². The molecule has 2 rings (SSSR count). The fourth-order valence-corrected chi connectivity index (χ4v) is 4.18. The van der Waals surface area contributed by atoms with Gasteiger partial charge in [-0.2, -0.15) is 4.98 Å². The number of methoxy groups -OCH3 is 1. The molecule has 0 aliphatic heterocycles. The van der Waals surface area contributed by atoms with E-state index in [1.54, 1.807) is 13.1 Å². The number of benzene rings is 1. The molecule has 0 fully saturated rings. The quantitative estimate of drug-likeness (QED) is 0.444. The Bertz CT molecular complexity index is 910. The van der Waals surface area contributed by atoms with Crippen LogP contribution in [0.2, 0.25) is 0 Å². The third kappa shape index (κ3) is 5.04. The summed E-state index contributed by atoms with van der Waals surface area (Å²) < 4.78 is 29.4. The van der Waals surface area contributed by atoms with Crippen LogP contribution in [0, 0.1) is 0 Å². The lowest BCUT2D eigenvalue weighted by molar-refractivity contribution is 0.281. The van der Waals surface area contributed by atoms with Gasteiger partial charge in [0.15, 0.2) is 0 Å². The number of nitrogens with one attached hydrogen (secondary N) is 2. The predicted molar refractivity (Wildman–Crippen MR) is 105 cm³/mol. The van der Waals surface area contributed by atoms with Crippen molar-refractivity contribution in [3.05, 3.63) is 27.3 Å². The van der Waals surface area contributed by atoms with Crippen LogP contribution in [-0.2, 0) is 10.0 Å². The van der Waals surface area contributed by atoms with Crippen LogP contribution in [0.25, 0.3) is 0 Å². The number of sulfonamides is 1. The number of ether oxygens (including phenoxy) is 1. The number of nitrogens with two attached hydrogens (primary N) is 1. The summed E-state index contributed by atoms with van der Waals surface area (Å²) in [6, 6.07) is 2.80. The van der Waals surface area contributed by atoms with Crippen LogP contribution in [0.1, 0.15) is 6.92 Å². The van der Waals surface area contributed by atoms with Crippen molar-refractivity contribution in [3.8, 4) is 5.75 Å². The SMILES string of the molecule is COc1cc(Nc2ncc(Br)c(N[C@H](C)CO)n2)cc(Br)c1S(N)(=O)=O. The van der Waals surface area contributed by atoms with Crippen molar-refractivity contribution in [2.75, 3.05) is 24.4 Å². The molecule has 0 unspecified atom stereocenters. The van der Waals surface area contributed by atoms with Gasteiger partial charge in [-0.05, 0) is 44.8 Å². The number of rotatable bonds is 7. The van der Waals surface area contributed by atoms with E-state index in [0.717, 1.165) is 0 Å². The van der Waals surface area contributed by atoms with E-state index in [4.69, 9.17) is 15.0 Å². The van der Waals surface area contributed by atoms with Gasteiger partial charge in [-0.15, -0.1) is 0 Å². The first kappa shape index (κ1) is 20.8. The monoisotopic (exact) mass is 509 g/mol. The Balaban J connectivity index is 2.37. The molecule has 9 nitrogen and oxygen atoms in total. The molecule has 1 aromatic carbocycles. The molecule has 0 saturated carbocycles. The van der Waals surface area contributed by atoms with Crippen LogP contribution in [0.4, 0.5) is 17.5 Å². The Morgan fingerprint density at radius 3 is 2.62 bits per heavy atom. The van der Waals surface area contributed by atoms with Crippen LogP contribution >= 0.6 is 31.9 Å². The Morgan fingerprint density at radius 2 is 2.04 bits per heavy atom. The second-order valence-electron chi connectivity index (χ2n) is 5.28. The topological polar surface area (TPSA) is 139 Å². The summed E-state index contributed by atoms with van der Waals surface area (Å²) in [6.07, 6.45) is 1.55. The smallest absolute Gasteiger partial charge is 0.242 e. The highest BCUT2D eigenvalue weighted by Gasteiger charge is 2.20. The predicted octanol–water partition coefficient (Wildman–Crippen LogP) is 2.19. The molecule has 5 N–H and O–H groups in total. The molecule has 2 aromatic rings. The molecular formula is C14H17Br2N5O4S. The second-order valence-corrected chi connectivity index (χ2v) is 8.48. The normalized spacial score (nSPS) is 12.5. The molecule has 0 bridgehead atoms. The maximum Gasteiger partial charge on any atom is 0.242 e. The van der Waals surface area contributed by atoms with E-state index in [1.807, 2.05) is 0 Å². The Morgan fingerprint density at radius 1 is 1.35 bits per heavy atom. The maximum absolute atomic E-state index is 11.7. The zero-order valence-electron chi connectivity index (χ0n) is 13.8. The molecule has 0 aliphatic carbocycles. The zero-order chi connectivity index (χ0) is 19.5. The van der Waals surface area contributed by atoms with E-state index in [2.05, 4.69) is 52.5 Å². The van der Waals surface area contributed by atoms with Crippen molar-refractivity contribution in [1.82, 2.24) is 9.97 Å². The van der Waals surface area contributed by atoms with E-state index < -0.39 is 10.0 Å². The average molecular weight is 511 g/mol. The van der Waals surface area contributed by atoms with Crippen molar-refractivity contribution in [2.24, 2.45) is 5.14 Å². The van der Waals surface area contributed by atoms with Crippen molar-refractivity contribution >= 4 is 59.3 Å². The third-order valence-electron chi connectivity index (χ3n) is 3.17. The summed E-state index contributed by atoms with van der Waals surface area (Å²) >= 11 is 6.52. The van der Waals surface area contributed by atoms with Gasteiger partial charge < -0.3 is 20.5 Å². The minimum Gasteiger partial charge on any atom is -0.495 e. The summed E-state index contributed by atoms with van der Waals surface area (Å²) in [7, 11) is -2.62. The lowest BCUT2D eigenvalue weighted by atomic mass is 10.3. The number of aliphatic hydroxyl groups is 1. The fourth-order valence-electron chi connectivity index (χ4n) is 2.00.